The van der Waals surface area contributed by atoms with Crippen LogP contribution in [-0.2, 0) is 14.9 Å². The smallest absolute Gasteiger partial charge is 0.313 e. The number of hydrogen-bond donors (Lipinski definition) is 2. The third kappa shape index (κ3) is 3.19. The number of carbonyl (C=O) groups is 1. The van der Waals surface area contributed by atoms with E-state index >= 15 is 0 Å². The molecule has 1 aromatic rings. The van der Waals surface area contributed by atoms with Gasteiger partial charge >= 0.3 is 15.8 Å². The van der Waals surface area contributed by atoms with Crippen molar-refractivity contribution >= 4 is 21.6 Å². The van der Waals surface area contributed by atoms with Crippen LogP contribution in [0.15, 0.2) is 18.2 Å². The molecule has 28 heavy (non-hydrogen) atoms. The lowest BCUT2D eigenvalue weighted by molar-refractivity contribution is -0.385. The van der Waals surface area contributed by atoms with Crippen LogP contribution in [0.5, 0.6) is 5.75 Å². The van der Waals surface area contributed by atoms with E-state index < -0.39 is 49.2 Å². The number of rotatable bonds is 7. The molecule has 0 amide bonds. The predicted octanol–water partition coefficient (Wildman–Crippen LogP) is 1.69. The van der Waals surface area contributed by atoms with Crippen molar-refractivity contribution < 1.29 is 27.4 Å². The van der Waals surface area contributed by atoms with Crippen molar-refractivity contribution in [1.82, 2.24) is 0 Å². The number of nitro groups is 1. The van der Waals surface area contributed by atoms with Crippen LogP contribution in [0.3, 0.4) is 0 Å². The second-order valence-electron chi connectivity index (χ2n) is 8.19. The number of Topliss-reactive ketones (excluding diaryl/α,β-unsaturated/α-hetero) is 1. The lowest BCUT2D eigenvalue weighted by atomic mass is 9.70. The number of carbonyl (C=O) groups excluding carboxylic acids is 1. The third-order valence-electron chi connectivity index (χ3n) is 6.57. The van der Waals surface area contributed by atoms with Crippen molar-refractivity contribution in [3.8, 4) is 5.75 Å². The van der Waals surface area contributed by atoms with Crippen molar-refractivity contribution in [3.05, 3.63) is 33.9 Å². The van der Waals surface area contributed by atoms with Crippen LogP contribution in [0.25, 0.3) is 0 Å². The van der Waals surface area contributed by atoms with Crippen LogP contribution in [0.2, 0.25) is 0 Å². The molecule has 0 heterocycles. The Kier molecular flexibility index (Phi) is 5.01. The van der Waals surface area contributed by atoms with Gasteiger partial charge in [0.15, 0.2) is 0 Å². The van der Waals surface area contributed by atoms with Crippen LogP contribution >= 0.6 is 0 Å². The van der Waals surface area contributed by atoms with E-state index in [2.05, 4.69) is 0 Å². The number of benzene rings is 1. The summed E-state index contributed by atoms with van der Waals surface area (Å²) in [7, 11) is -4.27. The van der Waals surface area contributed by atoms with Crippen LogP contribution in [-0.4, -0.2) is 36.5 Å². The standard InChI is InChI=1S/C18H24N2O7S/c1-17(2)12-5-6-18(17,16(22)8-12)10-28(25,26)27-15-4-3-11(14(21)9-19)7-13(15)20(23)24/h3-4,7,12,14,21H,5-6,8-10,19H2,1-2H3/t12?,14-,18+/m1/s1. The minimum absolute atomic E-state index is 0.0863. The van der Waals surface area contributed by atoms with Crippen molar-refractivity contribution in [3.63, 3.8) is 0 Å². The molecule has 1 unspecified atom stereocenters. The molecular formula is C18H24N2O7S. The van der Waals surface area contributed by atoms with Gasteiger partial charge in [-0.2, -0.15) is 8.42 Å². The maximum Gasteiger partial charge on any atom is 0.313 e. The number of nitrogens with zero attached hydrogens (tertiary/aromatic N) is 1. The van der Waals surface area contributed by atoms with E-state index in [9.17, 15) is 28.4 Å². The van der Waals surface area contributed by atoms with Crippen LogP contribution in [0, 0.1) is 26.9 Å². The molecule has 3 rings (SSSR count). The molecule has 0 aromatic heterocycles. The van der Waals surface area contributed by atoms with Gasteiger partial charge in [-0.25, -0.2) is 0 Å². The molecule has 0 spiro atoms. The van der Waals surface area contributed by atoms with Gasteiger partial charge < -0.3 is 15.0 Å². The number of aliphatic hydroxyl groups is 1. The molecule has 2 saturated carbocycles. The van der Waals surface area contributed by atoms with E-state index in [4.69, 9.17) is 9.92 Å². The maximum absolute atomic E-state index is 12.8. The number of aliphatic hydroxyl groups excluding tert-OH is 1. The zero-order chi connectivity index (χ0) is 20.9. The van der Waals surface area contributed by atoms with E-state index in [0.717, 1.165) is 18.6 Å². The molecule has 9 nitrogen and oxygen atoms in total. The van der Waals surface area contributed by atoms with Gasteiger partial charge in [-0.3, -0.25) is 14.9 Å². The summed E-state index contributed by atoms with van der Waals surface area (Å²) < 4.78 is 30.6. The fourth-order valence-corrected chi connectivity index (χ4v) is 6.42. The van der Waals surface area contributed by atoms with E-state index in [1.807, 2.05) is 13.8 Å². The van der Waals surface area contributed by atoms with Crippen LogP contribution in [0.4, 0.5) is 5.69 Å². The molecule has 0 radical (unpaired) electrons. The first kappa shape index (κ1) is 20.7. The van der Waals surface area contributed by atoms with Crippen molar-refractivity contribution in [1.29, 1.82) is 0 Å². The molecular weight excluding hydrogens is 388 g/mol. The van der Waals surface area contributed by atoms with Gasteiger partial charge in [-0.1, -0.05) is 19.9 Å². The zero-order valence-electron chi connectivity index (χ0n) is 15.8. The molecule has 154 valence electrons. The molecule has 3 N–H and O–H groups in total. The van der Waals surface area contributed by atoms with Gasteiger partial charge in [0.05, 0.1) is 22.2 Å². The fourth-order valence-electron chi connectivity index (χ4n) is 4.67. The van der Waals surface area contributed by atoms with Crippen LogP contribution < -0.4 is 9.92 Å². The molecule has 0 aliphatic heterocycles. The Hall–Kier alpha value is -2.04. The van der Waals surface area contributed by atoms with Crippen molar-refractivity contribution in [2.75, 3.05) is 12.3 Å². The summed E-state index contributed by atoms with van der Waals surface area (Å²) >= 11 is 0. The first-order valence-electron chi connectivity index (χ1n) is 9.05. The lowest BCUT2D eigenvalue weighted by Crippen LogP contribution is -2.43. The second-order valence-corrected chi connectivity index (χ2v) is 9.76. The summed E-state index contributed by atoms with van der Waals surface area (Å²) in [6.07, 6.45) is 0.486. The maximum atomic E-state index is 12.8. The Morgan fingerprint density at radius 3 is 2.61 bits per heavy atom. The summed E-state index contributed by atoms with van der Waals surface area (Å²) in [5.41, 5.74) is 3.45. The van der Waals surface area contributed by atoms with E-state index in [1.54, 1.807) is 0 Å². The quantitative estimate of drug-likeness (QED) is 0.390. The van der Waals surface area contributed by atoms with Gasteiger partial charge in [0.2, 0.25) is 5.75 Å². The largest absolute Gasteiger partial charge is 0.387 e. The number of nitro benzene ring substituents is 1. The predicted molar refractivity (Wildman–Crippen MR) is 100 cm³/mol. The normalized spacial score (nSPS) is 27.0. The average molecular weight is 412 g/mol. The number of hydrogen-bond acceptors (Lipinski definition) is 8. The highest BCUT2D eigenvalue weighted by molar-refractivity contribution is 7.87. The Morgan fingerprint density at radius 1 is 1.43 bits per heavy atom. The van der Waals surface area contributed by atoms with E-state index in [0.29, 0.717) is 12.8 Å². The molecule has 10 heteroatoms. The third-order valence-corrected chi connectivity index (χ3v) is 7.85. The van der Waals surface area contributed by atoms with Gasteiger partial charge in [0, 0.05) is 19.0 Å². The first-order chi connectivity index (χ1) is 12.9. The Bertz CT molecular complexity index is 928. The molecule has 2 bridgehead atoms. The Labute approximate surface area is 163 Å². The molecule has 1 aromatic carbocycles. The molecule has 0 saturated heterocycles. The molecule has 3 atom stereocenters. The highest BCUT2D eigenvalue weighted by Crippen LogP contribution is 2.64. The number of ketones is 1. The van der Waals surface area contributed by atoms with Gasteiger partial charge in [0.1, 0.15) is 5.78 Å². The minimum Gasteiger partial charge on any atom is -0.387 e. The summed E-state index contributed by atoms with van der Waals surface area (Å²) in [6.45, 7) is 3.66. The first-order valence-corrected chi connectivity index (χ1v) is 10.6. The summed E-state index contributed by atoms with van der Waals surface area (Å²) in [4.78, 5) is 23.1. The van der Waals surface area contributed by atoms with Crippen molar-refractivity contribution in [2.45, 2.75) is 39.2 Å². The second kappa shape index (κ2) is 6.78. The van der Waals surface area contributed by atoms with Gasteiger partial charge in [0.25, 0.3) is 0 Å². The van der Waals surface area contributed by atoms with Crippen molar-refractivity contribution in [2.24, 2.45) is 22.5 Å². The molecule has 2 aliphatic carbocycles. The Morgan fingerprint density at radius 2 is 2.11 bits per heavy atom. The van der Waals surface area contributed by atoms with Crippen LogP contribution in [0.1, 0.15) is 44.8 Å². The summed E-state index contributed by atoms with van der Waals surface area (Å²) in [5, 5.41) is 21.1. The zero-order valence-corrected chi connectivity index (χ0v) is 16.6. The minimum atomic E-state index is -4.27. The fraction of sp³-hybridized carbons (Fsp3) is 0.611. The monoisotopic (exact) mass is 412 g/mol. The van der Waals surface area contributed by atoms with Gasteiger partial charge in [-0.15, -0.1) is 0 Å². The SMILES string of the molecule is CC1(C)C2CC[C@]1(CS(=O)(=O)Oc1ccc([C@H](O)CN)cc1[N+](=O)[O-])C(=O)C2. The van der Waals surface area contributed by atoms with E-state index in [-0.39, 0.29) is 23.8 Å². The highest BCUT2D eigenvalue weighted by Gasteiger charge is 2.65. The Balaban J connectivity index is 1.91. The number of fused-ring (bicyclic) bond motifs is 2. The van der Waals surface area contributed by atoms with Gasteiger partial charge in [-0.05, 0) is 35.8 Å². The number of nitrogens with two attached hydrogens (primary N) is 1. The molecule has 2 aliphatic rings. The summed E-state index contributed by atoms with van der Waals surface area (Å²) in [5.74, 6) is -0.905. The highest BCUT2D eigenvalue weighted by atomic mass is 32.2. The summed E-state index contributed by atoms with van der Waals surface area (Å²) in [6, 6.07) is 3.49. The van der Waals surface area contributed by atoms with E-state index in [1.165, 1.54) is 6.07 Å². The lowest BCUT2D eigenvalue weighted by Gasteiger charge is -2.35. The average Bonchev–Trinajstić information content (AvgIpc) is 2.94. The molecule has 2 fully saturated rings. The topological polar surface area (TPSA) is 150 Å².